The van der Waals surface area contributed by atoms with Gasteiger partial charge in [-0.05, 0) is 136 Å². The molecule has 0 amide bonds. The van der Waals surface area contributed by atoms with Gasteiger partial charge in [-0.25, -0.2) is 4.79 Å². The lowest BCUT2D eigenvalue weighted by Gasteiger charge is -2.71. The number of allylic oxidation sites excluding steroid dienone is 1. The van der Waals surface area contributed by atoms with Gasteiger partial charge in [0.05, 0.1) is 96.7 Å². The molecular formula is C83H124O42. The van der Waals surface area contributed by atoms with E-state index in [1.807, 2.05) is 33.8 Å². The molecule has 7 saturated heterocycles. The Morgan fingerprint density at radius 2 is 1.07 bits per heavy atom. The molecule has 4 saturated carbocycles. The van der Waals surface area contributed by atoms with Gasteiger partial charge in [0.25, 0.3) is 0 Å². The van der Waals surface area contributed by atoms with Crippen molar-refractivity contribution in [2.24, 2.45) is 50.2 Å². The number of esters is 3. The van der Waals surface area contributed by atoms with Gasteiger partial charge in [-0.2, -0.15) is 0 Å². The van der Waals surface area contributed by atoms with Gasteiger partial charge in [-0.1, -0.05) is 39.3 Å². The Balaban J connectivity index is 0.884. The highest BCUT2D eigenvalue weighted by Crippen LogP contribution is 2.76. The van der Waals surface area contributed by atoms with E-state index in [-0.39, 0.29) is 62.2 Å². The number of carbonyl (C=O) groups excluding carboxylic acids is 3. The van der Waals surface area contributed by atoms with Crippen LogP contribution in [0.3, 0.4) is 0 Å². The van der Waals surface area contributed by atoms with Crippen molar-refractivity contribution in [3.05, 3.63) is 35.4 Å². The lowest BCUT2D eigenvalue weighted by Crippen LogP contribution is -2.71. The Hall–Kier alpha value is -5.26. The Bertz CT molecular complexity index is 3980. The maximum absolute atomic E-state index is 16.8. The van der Waals surface area contributed by atoms with E-state index in [9.17, 15) is 111 Å². The zero-order valence-electron chi connectivity index (χ0n) is 71.3. The Morgan fingerprint density at radius 1 is 0.528 bits per heavy atom. The number of carboxylic acids is 1. The van der Waals surface area contributed by atoms with Gasteiger partial charge in [0.15, 0.2) is 61.4 Å². The summed E-state index contributed by atoms with van der Waals surface area (Å²) >= 11 is 0. The predicted molar refractivity (Wildman–Crippen MR) is 413 cm³/mol. The summed E-state index contributed by atoms with van der Waals surface area (Å²) in [4.78, 5) is 58.1. The van der Waals surface area contributed by atoms with Gasteiger partial charge >= 0.3 is 23.9 Å². The molecule has 0 radical (unpaired) electrons. The summed E-state index contributed by atoms with van der Waals surface area (Å²) in [7, 11) is 4.11. The standard InChI is InChI=1S/C83H124O42/c1-34-57(119-67-55(98)59(41(90)27-111-67)120-72-64(100)82(105,30-86)32-112-72)61(121-73-65(101)83(106,31-87)33-113-73)56(99)70(114-34)123-63-62(122-68-53(96)52(95)50(93)45(117-68)28-110-36(3)88)58(118-48(91)15-12-37-22-42(107-9)60(109-11)43(23-37)108-10)35(2)115-71(63)125-75(104)80-19-18-76(4,5)24-39(80)38-13-14-46-77(6)25-40(89)66(124-69-54(97)51(94)49(92)44(26-84)116-69)79(8,74(102)103)47(77)16-17-78(46,7)81(38,29-85)21-20-80/h12-13,15,22-23,34-35,39-41,44-47,49-59,61-73,84-87,89-90,92-101,105-106H,14,16-21,24-33H2,1-11H3,(H,102,103)/t34-,35+,39-,40-,41+,44+,45+,46+,47+,49+,50+,51-,52-,53+,54+,55+,56+,57-,58-,59-,61-,62-,63+,64-,65-,66-,67-,68-,69-,70-,71-,72-,73-,77+,78+,79-,80-,81-,82+,83+/m0/s1. The van der Waals surface area contributed by atoms with Crippen LogP contribution >= 0.6 is 0 Å². The van der Waals surface area contributed by atoms with Crippen molar-refractivity contribution in [3.8, 4) is 17.2 Å². The van der Waals surface area contributed by atoms with E-state index in [4.69, 9.17) is 90.0 Å². The molecule has 40 atom stereocenters. The van der Waals surface area contributed by atoms with Crippen molar-refractivity contribution in [2.45, 2.75) is 309 Å². The molecule has 42 heteroatoms. The molecule has 125 heavy (non-hydrogen) atoms. The highest BCUT2D eigenvalue weighted by molar-refractivity contribution is 5.87. The van der Waals surface area contributed by atoms with Gasteiger partial charge in [0.1, 0.15) is 128 Å². The Labute approximate surface area is 719 Å². The van der Waals surface area contributed by atoms with E-state index in [0.717, 1.165) is 13.0 Å². The van der Waals surface area contributed by atoms with Crippen LogP contribution in [0, 0.1) is 50.2 Å². The topological polar surface area (TPSA) is 628 Å². The summed E-state index contributed by atoms with van der Waals surface area (Å²) in [5.41, 5.74) is -10.8. The van der Waals surface area contributed by atoms with Gasteiger partial charge in [-0.3, -0.25) is 14.4 Å². The monoisotopic (exact) mass is 1790 g/mol. The number of rotatable bonds is 27. The largest absolute Gasteiger partial charge is 0.493 e. The number of benzene rings is 1. The number of fused-ring (bicyclic) bond motifs is 7. The van der Waals surface area contributed by atoms with Crippen LogP contribution in [0.2, 0.25) is 0 Å². The number of hydrogen-bond donors (Lipinski definition) is 19. The first-order valence-electron chi connectivity index (χ1n) is 42.3. The van der Waals surface area contributed by atoms with Crippen LogP contribution < -0.4 is 14.2 Å². The van der Waals surface area contributed by atoms with Crippen LogP contribution in [0.25, 0.3) is 6.08 Å². The highest BCUT2D eigenvalue weighted by Gasteiger charge is 2.75. The maximum Gasteiger partial charge on any atom is 0.331 e. The van der Waals surface area contributed by atoms with E-state index in [1.54, 1.807) is 0 Å². The second-order valence-electron chi connectivity index (χ2n) is 37.3. The molecule has 12 aliphatic rings. The lowest BCUT2D eigenvalue weighted by atomic mass is 9.33. The number of hydrogen-bond acceptors (Lipinski definition) is 41. The quantitative estimate of drug-likeness (QED) is 0.0129. The molecule has 13 rings (SSSR count). The fourth-order valence-electron chi connectivity index (χ4n) is 22.1. The molecule has 5 aliphatic carbocycles. The molecule has 0 bridgehead atoms. The zero-order valence-corrected chi connectivity index (χ0v) is 71.3. The molecule has 0 spiro atoms. The van der Waals surface area contributed by atoms with Crippen molar-refractivity contribution < 1.29 is 206 Å². The summed E-state index contributed by atoms with van der Waals surface area (Å²) < 4.78 is 116. The minimum Gasteiger partial charge on any atom is -0.493 e. The van der Waals surface area contributed by atoms with Gasteiger partial charge in [0.2, 0.25) is 12.0 Å². The van der Waals surface area contributed by atoms with Crippen molar-refractivity contribution in [2.75, 3.05) is 74.2 Å². The zero-order chi connectivity index (χ0) is 91.2. The van der Waals surface area contributed by atoms with E-state index >= 15 is 4.79 Å². The molecule has 0 unspecified atom stereocenters. The summed E-state index contributed by atoms with van der Waals surface area (Å²) in [6.07, 6.45) is -51.6. The minimum absolute atomic E-state index is 0.00676. The maximum atomic E-state index is 16.8. The molecule has 1 aromatic rings. The van der Waals surface area contributed by atoms with E-state index in [2.05, 4.69) is 0 Å². The lowest BCUT2D eigenvalue weighted by molar-refractivity contribution is -0.398. The predicted octanol–water partition coefficient (Wildman–Crippen LogP) is -4.72. The summed E-state index contributed by atoms with van der Waals surface area (Å²) in [6.45, 7) is 6.98. The molecule has 42 nitrogen and oxygen atoms in total. The fraction of sp³-hybridized carbons (Fsp3) is 0.831. The number of aliphatic carboxylic acids is 1. The number of ether oxygens (including phenoxy) is 19. The van der Waals surface area contributed by atoms with Crippen LogP contribution in [0.15, 0.2) is 29.9 Å². The minimum atomic E-state index is -2.40. The van der Waals surface area contributed by atoms with E-state index in [1.165, 1.54) is 60.3 Å². The van der Waals surface area contributed by atoms with Gasteiger partial charge < -0.3 is 187 Å². The number of carbonyl (C=O) groups is 4. The first kappa shape index (κ1) is 97.3. The first-order valence-corrected chi connectivity index (χ1v) is 42.3. The average Bonchev–Trinajstić information content (AvgIpc) is 1.12. The summed E-state index contributed by atoms with van der Waals surface area (Å²) in [5.74, 6) is -5.81. The fourth-order valence-corrected chi connectivity index (χ4v) is 22.1. The first-order chi connectivity index (χ1) is 58.9. The highest BCUT2D eigenvalue weighted by atomic mass is 16.8. The molecule has 0 aromatic heterocycles. The molecule has 11 fully saturated rings. The van der Waals surface area contributed by atoms with Crippen molar-refractivity contribution >= 4 is 30.0 Å². The Morgan fingerprint density at radius 3 is 1.65 bits per heavy atom. The molecular weight excluding hydrogens is 1670 g/mol. The van der Waals surface area contributed by atoms with Crippen molar-refractivity contribution in [1.82, 2.24) is 0 Å². The summed E-state index contributed by atoms with van der Waals surface area (Å²) in [6, 6.07) is 3.01. The second kappa shape index (κ2) is 37.4. The van der Waals surface area contributed by atoms with Crippen molar-refractivity contribution in [3.63, 3.8) is 0 Å². The molecule has 708 valence electrons. The second-order valence-corrected chi connectivity index (χ2v) is 37.3. The number of aliphatic hydroxyl groups excluding tert-OH is 16. The van der Waals surface area contributed by atoms with Crippen molar-refractivity contribution in [1.29, 1.82) is 0 Å². The van der Waals surface area contributed by atoms with Crippen LogP contribution in [0.5, 0.6) is 17.2 Å². The third kappa shape index (κ3) is 17.4. The summed E-state index contributed by atoms with van der Waals surface area (Å²) in [5, 5.41) is 216. The van der Waals surface area contributed by atoms with Crippen LogP contribution in [-0.4, -0.2) is 391 Å². The number of aliphatic hydroxyl groups is 18. The van der Waals surface area contributed by atoms with E-state index < -0.39 is 323 Å². The molecule has 1 aromatic carbocycles. The van der Waals surface area contributed by atoms with Crippen LogP contribution in [-0.2, 0) is 95.0 Å². The average molecular weight is 1790 g/mol. The third-order valence-corrected chi connectivity index (χ3v) is 29.4. The molecule has 19 N–H and O–H groups in total. The SMILES string of the molecule is COc1cc(C=CC(=O)O[C@@H]2[C@H](O[C@@H]3O[C@H](COC(C)=O)[C@@H](O)[C@H](O)[C@H]3O)[C@@H](O[C@@H]3O[C@@H](C)[C@H](O[C@@H]4OC[C@@H](O)[C@H](O[C@@H]5OC[C@](O)(CO)[C@H]5O)[C@H]4O)[C@@H](O[C@@H]4OC[C@](O)(CO)[C@H]4O)[C@H]3O)[C@H](OC(=O)[C@]34CCC(C)(C)C[C@H]3C3=CC[C@@H]5[C@@]6(C)C[C@H](O)[C@H](O[C@@H]7O[C@H](CO)[C@@H](O)[C@H](O)[C@H]7O)[C@@](C)(C(=O)O)[C@@H]6CC[C@@]5(C)[C@]3(CO)CC4)O[C@@H]2C)cc(OC)c1OC. The third-order valence-electron chi connectivity index (χ3n) is 29.4. The number of carboxylic acid groups (broad SMARTS) is 1. The van der Waals surface area contributed by atoms with Crippen LogP contribution in [0.4, 0.5) is 0 Å². The number of methoxy groups -OCH3 is 3. The van der Waals surface area contributed by atoms with Gasteiger partial charge in [0, 0.05) is 18.4 Å². The normalized spacial score (nSPS) is 47.8. The molecule has 7 heterocycles. The van der Waals surface area contributed by atoms with Crippen LogP contribution in [0.1, 0.15) is 119 Å². The van der Waals surface area contributed by atoms with E-state index in [0.29, 0.717) is 24.0 Å². The Kier molecular flexibility index (Phi) is 29.1. The molecule has 7 aliphatic heterocycles. The van der Waals surface area contributed by atoms with Gasteiger partial charge in [-0.15, -0.1) is 0 Å². The smallest absolute Gasteiger partial charge is 0.331 e.